The van der Waals surface area contributed by atoms with Crippen LogP contribution in [0.3, 0.4) is 0 Å². The topological polar surface area (TPSA) is 116 Å². The maximum absolute atomic E-state index is 13.7. The van der Waals surface area contributed by atoms with Crippen LogP contribution >= 0.6 is 11.6 Å². The third kappa shape index (κ3) is 4.01. The predicted octanol–water partition coefficient (Wildman–Crippen LogP) is 1.87. The second kappa shape index (κ2) is 7.28. The van der Waals surface area contributed by atoms with Crippen molar-refractivity contribution in [3.05, 3.63) is 58.9 Å². The third-order valence-corrected chi connectivity index (χ3v) is 3.61. The van der Waals surface area contributed by atoms with Crippen molar-refractivity contribution in [1.82, 2.24) is 20.2 Å². The maximum atomic E-state index is 13.7. The summed E-state index contributed by atoms with van der Waals surface area (Å²) in [5.41, 5.74) is 6.13. The average molecular weight is 375 g/mol. The molecule has 2 amide bonds. The van der Waals surface area contributed by atoms with Crippen LogP contribution in [0.4, 0.5) is 10.1 Å². The van der Waals surface area contributed by atoms with Gasteiger partial charge >= 0.3 is 0 Å². The smallest absolute Gasteiger partial charge is 0.248 e. The lowest BCUT2D eigenvalue weighted by Crippen LogP contribution is -2.21. The Morgan fingerprint density at radius 1 is 1.19 bits per heavy atom. The van der Waals surface area contributed by atoms with Crippen LogP contribution in [0.15, 0.2) is 42.5 Å². The number of benzene rings is 2. The first-order chi connectivity index (χ1) is 12.4. The van der Waals surface area contributed by atoms with Gasteiger partial charge in [-0.2, -0.15) is 4.80 Å². The number of amides is 2. The van der Waals surface area contributed by atoms with Crippen LogP contribution in [0.2, 0.25) is 5.02 Å². The van der Waals surface area contributed by atoms with Gasteiger partial charge in [0.2, 0.25) is 17.6 Å². The molecule has 2 aromatic carbocycles. The van der Waals surface area contributed by atoms with Gasteiger partial charge in [-0.05, 0) is 35.5 Å². The van der Waals surface area contributed by atoms with Crippen molar-refractivity contribution in [3.63, 3.8) is 0 Å². The molecule has 0 unspecified atom stereocenters. The lowest BCUT2D eigenvalue weighted by atomic mass is 10.1. The molecule has 132 valence electrons. The van der Waals surface area contributed by atoms with Gasteiger partial charge in [0.15, 0.2) is 0 Å². The number of primary amides is 1. The van der Waals surface area contributed by atoms with E-state index in [0.29, 0.717) is 11.1 Å². The Kier molecular flexibility index (Phi) is 4.90. The maximum Gasteiger partial charge on any atom is 0.248 e. The van der Waals surface area contributed by atoms with Gasteiger partial charge in [-0.15, -0.1) is 10.2 Å². The number of anilines is 1. The molecule has 26 heavy (non-hydrogen) atoms. The summed E-state index contributed by atoms with van der Waals surface area (Å²) in [4.78, 5) is 24.1. The van der Waals surface area contributed by atoms with Crippen molar-refractivity contribution in [2.24, 2.45) is 5.73 Å². The molecule has 0 spiro atoms. The number of nitrogens with two attached hydrogens (primary N) is 1. The van der Waals surface area contributed by atoms with E-state index in [2.05, 4.69) is 20.7 Å². The molecule has 0 saturated carbocycles. The third-order valence-electron chi connectivity index (χ3n) is 3.37. The van der Waals surface area contributed by atoms with E-state index in [9.17, 15) is 14.0 Å². The van der Waals surface area contributed by atoms with E-state index in [1.807, 2.05) is 0 Å². The molecule has 0 saturated heterocycles. The summed E-state index contributed by atoms with van der Waals surface area (Å²) in [5.74, 6) is -1.45. The first kappa shape index (κ1) is 17.5. The van der Waals surface area contributed by atoms with Gasteiger partial charge in [0.25, 0.3) is 0 Å². The molecule has 3 rings (SSSR count). The second-order valence-electron chi connectivity index (χ2n) is 5.26. The highest BCUT2D eigenvalue weighted by atomic mass is 35.5. The number of rotatable bonds is 5. The van der Waals surface area contributed by atoms with Crippen molar-refractivity contribution in [2.75, 3.05) is 5.32 Å². The fraction of sp³-hybridized carbons (Fsp3) is 0.0625. The van der Waals surface area contributed by atoms with Crippen LogP contribution in [0.5, 0.6) is 0 Å². The summed E-state index contributed by atoms with van der Waals surface area (Å²) in [5, 5.41) is 14.3. The minimum Gasteiger partial charge on any atom is -0.366 e. The summed E-state index contributed by atoms with van der Waals surface area (Å²) >= 11 is 5.66. The molecule has 10 heteroatoms. The Bertz CT molecular complexity index is 973. The van der Waals surface area contributed by atoms with Crippen LogP contribution in [0.25, 0.3) is 11.4 Å². The molecule has 1 aromatic heterocycles. The SMILES string of the molecule is NC(=O)c1ccc(-c2nnn(CC(=O)Nc3ccc(Cl)cc3F)n2)cc1. The molecule has 0 atom stereocenters. The lowest BCUT2D eigenvalue weighted by molar-refractivity contribution is -0.117. The molecule has 0 aliphatic heterocycles. The Morgan fingerprint density at radius 2 is 1.92 bits per heavy atom. The summed E-state index contributed by atoms with van der Waals surface area (Å²) < 4.78 is 13.7. The summed E-state index contributed by atoms with van der Waals surface area (Å²) in [7, 11) is 0. The van der Waals surface area contributed by atoms with Crippen molar-refractivity contribution >= 4 is 29.1 Å². The van der Waals surface area contributed by atoms with Crippen LogP contribution in [-0.2, 0) is 11.3 Å². The van der Waals surface area contributed by atoms with Crippen molar-refractivity contribution in [3.8, 4) is 11.4 Å². The highest BCUT2D eigenvalue weighted by Gasteiger charge is 2.12. The number of carbonyl (C=O) groups excluding carboxylic acids is 2. The van der Waals surface area contributed by atoms with Crippen molar-refractivity contribution in [2.45, 2.75) is 6.54 Å². The van der Waals surface area contributed by atoms with E-state index in [1.54, 1.807) is 12.1 Å². The number of hydrogen-bond donors (Lipinski definition) is 2. The molecule has 0 aliphatic rings. The monoisotopic (exact) mass is 374 g/mol. The largest absolute Gasteiger partial charge is 0.366 e. The number of carbonyl (C=O) groups is 2. The zero-order valence-electron chi connectivity index (χ0n) is 13.2. The minimum atomic E-state index is -0.646. The van der Waals surface area contributed by atoms with Gasteiger partial charge in [0, 0.05) is 16.1 Å². The first-order valence-electron chi connectivity index (χ1n) is 7.35. The van der Waals surface area contributed by atoms with E-state index >= 15 is 0 Å². The van der Waals surface area contributed by atoms with Gasteiger partial charge in [-0.3, -0.25) is 9.59 Å². The lowest BCUT2D eigenvalue weighted by Gasteiger charge is -2.05. The van der Waals surface area contributed by atoms with E-state index < -0.39 is 17.6 Å². The number of nitrogens with zero attached hydrogens (tertiary/aromatic N) is 4. The van der Waals surface area contributed by atoms with E-state index in [4.69, 9.17) is 17.3 Å². The standard InChI is InChI=1S/C16H12ClFN6O2/c17-11-5-6-13(12(18)7-11)20-14(25)8-24-22-16(21-23-24)10-3-1-9(2-4-10)15(19)26/h1-7H,8H2,(H2,19,26)(H,20,25). The number of tetrazole rings is 1. The predicted molar refractivity (Wildman–Crippen MR) is 91.8 cm³/mol. The zero-order valence-corrected chi connectivity index (χ0v) is 13.9. The summed E-state index contributed by atoms with van der Waals surface area (Å²) in [6.07, 6.45) is 0. The van der Waals surface area contributed by atoms with Gasteiger partial charge < -0.3 is 11.1 Å². The Hall–Kier alpha value is -3.33. The molecule has 0 aliphatic carbocycles. The van der Waals surface area contributed by atoms with Crippen LogP contribution in [0, 0.1) is 5.82 Å². The van der Waals surface area contributed by atoms with Gasteiger partial charge in [0.1, 0.15) is 12.4 Å². The molecule has 0 radical (unpaired) electrons. The summed E-state index contributed by atoms with van der Waals surface area (Å²) in [6.45, 7) is -0.256. The molecule has 1 heterocycles. The number of aromatic nitrogens is 4. The Balaban J connectivity index is 1.67. The highest BCUT2D eigenvalue weighted by molar-refractivity contribution is 6.30. The Labute approximate surface area is 151 Å². The van der Waals surface area contributed by atoms with Gasteiger partial charge in [-0.25, -0.2) is 4.39 Å². The minimum absolute atomic E-state index is 0.00165. The molecule has 0 bridgehead atoms. The van der Waals surface area contributed by atoms with Crippen molar-refractivity contribution < 1.29 is 14.0 Å². The van der Waals surface area contributed by atoms with Crippen LogP contribution in [-0.4, -0.2) is 32.0 Å². The molecule has 8 nitrogen and oxygen atoms in total. The Morgan fingerprint density at radius 3 is 2.58 bits per heavy atom. The van der Waals surface area contributed by atoms with Gasteiger partial charge in [0.05, 0.1) is 5.69 Å². The summed E-state index contributed by atoms with van der Waals surface area (Å²) in [6, 6.07) is 10.2. The van der Waals surface area contributed by atoms with Crippen molar-refractivity contribution in [1.29, 1.82) is 0 Å². The van der Waals surface area contributed by atoms with E-state index in [0.717, 1.165) is 10.9 Å². The van der Waals surface area contributed by atoms with Gasteiger partial charge in [-0.1, -0.05) is 23.7 Å². The fourth-order valence-corrected chi connectivity index (χ4v) is 2.28. The van der Waals surface area contributed by atoms with E-state index in [1.165, 1.54) is 24.3 Å². The highest BCUT2D eigenvalue weighted by Crippen LogP contribution is 2.19. The number of halogens is 2. The number of nitrogens with one attached hydrogen (secondary N) is 1. The molecule has 3 aromatic rings. The fourth-order valence-electron chi connectivity index (χ4n) is 2.12. The zero-order chi connectivity index (χ0) is 18.7. The molecular weight excluding hydrogens is 363 g/mol. The number of hydrogen-bond acceptors (Lipinski definition) is 5. The molecular formula is C16H12ClFN6O2. The van der Waals surface area contributed by atoms with E-state index in [-0.39, 0.29) is 23.1 Å². The van der Waals surface area contributed by atoms with Crippen LogP contribution in [0.1, 0.15) is 10.4 Å². The quantitative estimate of drug-likeness (QED) is 0.707. The first-order valence-corrected chi connectivity index (χ1v) is 7.73. The second-order valence-corrected chi connectivity index (χ2v) is 5.69. The normalized spacial score (nSPS) is 10.5. The van der Waals surface area contributed by atoms with Crippen LogP contribution < -0.4 is 11.1 Å². The molecule has 0 fully saturated rings. The average Bonchev–Trinajstić information content (AvgIpc) is 3.06. The molecule has 3 N–H and O–H groups in total.